The molecule has 0 heterocycles. The number of fused-ring (bicyclic) bond motifs is 1. The standard InChI is InChI=1S/C33H41NO3/c1-6-36-31(35)24-11-9-23(10-12-24)25-14-16-30(37-20-8-7-19-34)27(21-25)26-13-15-28-29(22-26)33(4,5)18-17-32(28,2)3/h9-16,21-22H,6-8,17-20,34H2,1-5H3. The largest absolute Gasteiger partial charge is 0.493 e. The number of esters is 1. The van der Waals surface area contributed by atoms with Crippen molar-refractivity contribution in [2.24, 2.45) is 5.73 Å². The molecule has 1 aliphatic rings. The fourth-order valence-electron chi connectivity index (χ4n) is 5.26. The highest BCUT2D eigenvalue weighted by molar-refractivity contribution is 5.90. The molecule has 0 atom stereocenters. The number of carbonyl (C=O) groups excluding carboxylic acids is 1. The van der Waals surface area contributed by atoms with E-state index in [9.17, 15) is 4.79 Å². The van der Waals surface area contributed by atoms with E-state index in [-0.39, 0.29) is 16.8 Å². The smallest absolute Gasteiger partial charge is 0.338 e. The van der Waals surface area contributed by atoms with Gasteiger partial charge < -0.3 is 15.2 Å². The number of ether oxygens (including phenoxy) is 2. The lowest BCUT2D eigenvalue weighted by atomic mass is 9.63. The van der Waals surface area contributed by atoms with E-state index in [2.05, 4.69) is 64.1 Å². The van der Waals surface area contributed by atoms with Crippen LogP contribution in [0.15, 0.2) is 60.7 Å². The fraction of sp³-hybridized carbons (Fsp3) is 0.424. The topological polar surface area (TPSA) is 61.5 Å². The van der Waals surface area contributed by atoms with Crippen molar-refractivity contribution >= 4 is 5.97 Å². The number of hydrogen-bond acceptors (Lipinski definition) is 4. The molecule has 4 heteroatoms. The average Bonchev–Trinajstić information content (AvgIpc) is 2.89. The maximum atomic E-state index is 12.1. The minimum Gasteiger partial charge on any atom is -0.493 e. The van der Waals surface area contributed by atoms with Gasteiger partial charge in [0.2, 0.25) is 0 Å². The fourth-order valence-corrected chi connectivity index (χ4v) is 5.26. The predicted molar refractivity (Wildman–Crippen MR) is 152 cm³/mol. The molecule has 1 aliphatic carbocycles. The van der Waals surface area contributed by atoms with Crippen molar-refractivity contribution in [2.45, 2.75) is 71.1 Å². The maximum Gasteiger partial charge on any atom is 0.338 e. The first-order valence-corrected chi connectivity index (χ1v) is 13.6. The number of nitrogens with two attached hydrogens (primary N) is 1. The Kier molecular flexibility index (Phi) is 8.08. The molecule has 2 N–H and O–H groups in total. The van der Waals surface area contributed by atoms with Gasteiger partial charge in [-0.3, -0.25) is 0 Å². The van der Waals surface area contributed by atoms with E-state index in [1.54, 1.807) is 0 Å². The summed E-state index contributed by atoms with van der Waals surface area (Å²) in [6, 6.07) is 20.9. The van der Waals surface area contributed by atoms with Crippen molar-refractivity contribution in [3.05, 3.63) is 77.4 Å². The van der Waals surface area contributed by atoms with Gasteiger partial charge in [-0.05, 0) is 102 Å². The molecule has 3 aromatic rings. The lowest BCUT2D eigenvalue weighted by molar-refractivity contribution is 0.0526. The minimum atomic E-state index is -0.296. The molecule has 0 aromatic heterocycles. The number of hydrogen-bond donors (Lipinski definition) is 1. The first-order valence-electron chi connectivity index (χ1n) is 13.6. The molecule has 196 valence electrons. The van der Waals surface area contributed by atoms with Crippen LogP contribution in [0.4, 0.5) is 0 Å². The second kappa shape index (κ2) is 11.1. The van der Waals surface area contributed by atoms with Gasteiger partial charge in [0.15, 0.2) is 0 Å². The van der Waals surface area contributed by atoms with Crippen LogP contribution in [-0.4, -0.2) is 25.7 Å². The molecule has 0 radical (unpaired) electrons. The van der Waals surface area contributed by atoms with Crippen molar-refractivity contribution in [1.82, 2.24) is 0 Å². The Hall–Kier alpha value is -3.11. The molecule has 3 aromatic carbocycles. The van der Waals surface area contributed by atoms with Crippen LogP contribution in [0.25, 0.3) is 22.3 Å². The van der Waals surface area contributed by atoms with Crippen molar-refractivity contribution in [1.29, 1.82) is 0 Å². The molecular weight excluding hydrogens is 458 g/mol. The van der Waals surface area contributed by atoms with Crippen LogP contribution in [0, 0.1) is 0 Å². The van der Waals surface area contributed by atoms with Gasteiger partial charge in [-0.15, -0.1) is 0 Å². The Balaban J connectivity index is 1.75. The van der Waals surface area contributed by atoms with Crippen LogP contribution in [0.2, 0.25) is 0 Å². The van der Waals surface area contributed by atoms with Gasteiger partial charge >= 0.3 is 5.97 Å². The molecule has 4 rings (SSSR count). The van der Waals surface area contributed by atoms with E-state index in [0.717, 1.165) is 35.3 Å². The normalized spacial score (nSPS) is 15.6. The van der Waals surface area contributed by atoms with E-state index in [0.29, 0.717) is 25.3 Å². The molecule has 0 spiro atoms. The highest BCUT2D eigenvalue weighted by Crippen LogP contribution is 2.47. The third kappa shape index (κ3) is 5.91. The van der Waals surface area contributed by atoms with Gasteiger partial charge in [-0.2, -0.15) is 0 Å². The summed E-state index contributed by atoms with van der Waals surface area (Å²) in [4.78, 5) is 12.1. The van der Waals surface area contributed by atoms with E-state index in [4.69, 9.17) is 15.2 Å². The summed E-state index contributed by atoms with van der Waals surface area (Å²) in [6.07, 6.45) is 4.24. The molecule has 0 saturated heterocycles. The van der Waals surface area contributed by atoms with Crippen LogP contribution in [0.5, 0.6) is 5.75 Å². The predicted octanol–water partition coefficient (Wildman–Crippen LogP) is 7.66. The highest BCUT2D eigenvalue weighted by atomic mass is 16.5. The van der Waals surface area contributed by atoms with E-state index < -0.39 is 0 Å². The van der Waals surface area contributed by atoms with Gasteiger partial charge in [0.1, 0.15) is 5.75 Å². The summed E-state index contributed by atoms with van der Waals surface area (Å²) in [5.74, 6) is 0.590. The summed E-state index contributed by atoms with van der Waals surface area (Å²) >= 11 is 0. The zero-order valence-electron chi connectivity index (χ0n) is 23.0. The van der Waals surface area contributed by atoms with Gasteiger partial charge in [-0.1, -0.05) is 64.1 Å². The first kappa shape index (κ1) is 26.9. The molecule has 0 unspecified atom stereocenters. The SMILES string of the molecule is CCOC(=O)c1ccc(-c2ccc(OCCCCN)c(-c3ccc4c(c3)C(C)(C)CCC4(C)C)c2)cc1. The Bertz CT molecular complexity index is 1240. The number of benzene rings is 3. The van der Waals surface area contributed by atoms with Crippen LogP contribution in [0.3, 0.4) is 0 Å². The lowest BCUT2D eigenvalue weighted by Crippen LogP contribution is -2.33. The Morgan fingerprint density at radius 3 is 2.14 bits per heavy atom. The van der Waals surface area contributed by atoms with E-state index in [1.807, 2.05) is 31.2 Å². The zero-order valence-corrected chi connectivity index (χ0v) is 23.0. The Morgan fingerprint density at radius 1 is 0.811 bits per heavy atom. The minimum absolute atomic E-state index is 0.129. The Morgan fingerprint density at radius 2 is 1.46 bits per heavy atom. The second-order valence-corrected chi connectivity index (χ2v) is 11.4. The molecule has 0 bridgehead atoms. The summed E-state index contributed by atoms with van der Waals surface area (Å²) in [5, 5.41) is 0. The first-order chi connectivity index (χ1) is 17.7. The molecular formula is C33H41NO3. The molecule has 4 nitrogen and oxygen atoms in total. The maximum absolute atomic E-state index is 12.1. The van der Waals surface area contributed by atoms with E-state index in [1.165, 1.54) is 29.5 Å². The summed E-state index contributed by atoms with van der Waals surface area (Å²) in [7, 11) is 0. The monoisotopic (exact) mass is 499 g/mol. The number of rotatable bonds is 9. The highest BCUT2D eigenvalue weighted by Gasteiger charge is 2.37. The third-order valence-electron chi connectivity index (χ3n) is 7.73. The van der Waals surface area contributed by atoms with Gasteiger partial charge in [0.05, 0.1) is 18.8 Å². The van der Waals surface area contributed by atoms with E-state index >= 15 is 0 Å². The van der Waals surface area contributed by atoms with Crippen LogP contribution < -0.4 is 10.5 Å². The van der Waals surface area contributed by atoms with Crippen molar-refractivity contribution in [3.63, 3.8) is 0 Å². The van der Waals surface area contributed by atoms with Gasteiger partial charge in [0, 0.05) is 5.56 Å². The molecule has 0 amide bonds. The molecule has 0 aliphatic heterocycles. The van der Waals surface area contributed by atoms with Crippen LogP contribution >= 0.6 is 0 Å². The van der Waals surface area contributed by atoms with Crippen molar-refractivity contribution in [3.8, 4) is 28.0 Å². The average molecular weight is 500 g/mol. The molecule has 0 saturated carbocycles. The summed E-state index contributed by atoms with van der Waals surface area (Å²) in [5.41, 5.74) is 13.8. The van der Waals surface area contributed by atoms with Gasteiger partial charge in [-0.25, -0.2) is 4.79 Å². The van der Waals surface area contributed by atoms with Crippen molar-refractivity contribution < 1.29 is 14.3 Å². The lowest BCUT2D eigenvalue weighted by Gasteiger charge is -2.42. The second-order valence-electron chi connectivity index (χ2n) is 11.4. The third-order valence-corrected chi connectivity index (χ3v) is 7.73. The number of unbranched alkanes of at least 4 members (excludes halogenated alkanes) is 1. The summed E-state index contributed by atoms with van der Waals surface area (Å²) in [6.45, 7) is 12.9. The van der Waals surface area contributed by atoms with Crippen LogP contribution in [0.1, 0.15) is 81.8 Å². The quantitative estimate of drug-likeness (QED) is 0.242. The van der Waals surface area contributed by atoms with Gasteiger partial charge in [0.25, 0.3) is 0 Å². The van der Waals surface area contributed by atoms with Crippen LogP contribution in [-0.2, 0) is 15.6 Å². The zero-order chi connectivity index (χ0) is 26.6. The Labute approximate surface area is 222 Å². The molecule has 0 fully saturated rings. The summed E-state index contributed by atoms with van der Waals surface area (Å²) < 4.78 is 11.4. The number of carbonyl (C=O) groups is 1. The van der Waals surface area contributed by atoms with Crippen molar-refractivity contribution in [2.75, 3.05) is 19.8 Å². The molecule has 37 heavy (non-hydrogen) atoms.